The highest BCUT2D eigenvalue weighted by Gasteiger charge is 2.14. The lowest BCUT2D eigenvalue weighted by Gasteiger charge is -2.21. The molecule has 0 aliphatic rings. The molecule has 0 unspecified atom stereocenters. The van der Waals surface area contributed by atoms with Crippen LogP contribution in [0.3, 0.4) is 0 Å². The highest BCUT2D eigenvalue weighted by Crippen LogP contribution is 2.15. The van der Waals surface area contributed by atoms with Crippen molar-refractivity contribution >= 4 is 28.0 Å². The molecule has 0 amide bonds. The molecule has 0 radical (unpaired) electrons. The van der Waals surface area contributed by atoms with Gasteiger partial charge in [0, 0.05) is 25.8 Å². The second-order valence-corrected chi connectivity index (χ2v) is 22.6. The second-order valence-electron chi connectivity index (χ2n) is 21.2. The monoisotopic (exact) mass is 1090 g/mol. The van der Waals surface area contributed by atoms with Crippen LogP contribution in [0.15, 0.2) is 65.6 Å². The number of hydrogen-bond donors (Lipinski definition) is 1. The van der Waals surface area contributed by atoms with E-state index in [0.29, 0.717) is 25.8 Å². The van der Waals surface area contributed by atoms with Crippen molar-refractivity contribution in [3.8, 4) is 0 Å². The number of unbranched alkanes of at least 4 members (excludes halogenated alkanes) is 33. The third-order valence-corrected chi connectivity index (χ3v) is 14.6. The third-order valence-electron chi connectivity index (χ3n) is 13.7. The number of carbonyl (C=O) groups is 3. The van der Waals surface area contributed by atoms with Gasteiger partial charge in [0.1, 0.15) is 20.1 Å². The molecule has 10 nitrogen and oxygen atoms in total. The Morgan fingerprint density at radius 1 is 0.408 bits per heavy atom. The van der Waals surface area contributed by atoms with Gasteiger partial charge in [0.15, 0.2) is 0 Å². The van der Waals surface area contributed by atoms with Crippen molar-refractivity contribution in [2.75, 3.05) is 26.6 Å². The van der Waals surface area contributed by atoms with Gasteiger partial charge in [-0.3, -0.25) is 18.9 Å². The topological polar surface area (TPSA) is 137 Å². The summed E-state index contributed by atoms with van der Waals surface area (Å²) in [4.78, 5) is 39.4. The van der Waals surface area contributed by atoms with Gasteiger partial charge in [-0.2, -0.15) is 8.42 Å². The molecule has 0 saturated heterocycles. The average Bonchev–Trinajstić information content (AvgIpc) is 3.40. The summed E-state index contributed by atoms with van der Waals surface area (Å²) in [6, 6.07) is 5.99. The molecule has 0 spiro atoms. The summed E-state index contributed by atoms with van der Waals surface area (Å²) in [5.41, 5.74) is 0.956. The van der Waals surface area contributed by atoms with Crippen molar-refractivity contribution in [1.82, 2.24) is 4.90 Å². The fourth-order valence-electron chi connectivity index (χ4n) is 8.73. The quantitative estimate of drug-likeness (QED) is 0.0168. The molecule has 1 aromatic rings. The zero-order valence-electron chi connectivity index (χ0n) is 49.4. The largest absolute Gasteiger partial charge is 0.464 e. The van der Waals surface area contributed by atoms with E-state index in [2.05, 4.69) is 57.2 Å². The fourth-order valence-corrected chi connectivity index (χ4v) is 9.21. The van der Waals surface area contributed by atoms with E-state index >= 15 is 0 Å². The van der Waals surface area contributed by atoms with Crippen LogP contribution in [0.2, 0.25) is 0 Å². The minimum Gasteiger partial charge on any atom is -0.464 e. The Labute approximate surface area is 467 Å². The van der Waals surface area contributed by atoms with Crippen molar-refractivity contribution in [2.24, 2.45) is 0 Å². The molecule has 1 rings (SSSR count). The number of esters is 3. The van der Waals surface area contributed by atoms with Gasteiger partial charge in [0.2, 0.25) is 0 Å². The normalized spacial score (nSPS) is 11.8. The predicted octanol–water partition coefficient (Wildman–Crippen LogP) is 19.2. The Bertz CT molecular complexity index is 1600. The Morgan fingerprint density at radius 3 is 0.961 bits per heavy atom. The zero-order valence-corrected chi connectivity index (χ0v) is 50.2. The van der Waals surface area contributed by atoms with E-state index in [-0.39, 0.29) is 42.9 Å². The summed E-state index contributed by atoms with van der Waals surface area (Å²) in [6.07, 6.45) is 62.6. The summed E-state index contributed by atoms with van der Waals surface area (Å²) < 4.78 is 46.3. The number of hydrogen-bond acceptors (Lipinski definition) is 9. The molecule has 0 aliphatic heterocycles. The van der Waals surface area contributed by atoms with Gasteiger partial charge >= 0.3 is 17.9 Å². The first-order valence-electron chi connectivity index (χ1n) is 31.2. The smallest absolute Gasteiger partial charge is 0.307 e. The Kier molecular flexibility index (Phi) is 54.0. The van der Waals surface area contributed by atoms with Crippen LogP contribution < -0.4 is 0 Å². The van der Waals surface area contributed by atoms with Crippen molar-refractivity contribution in [3.63, 3.8) is 0 Å². The molecule has 1 aromatic carbocycles. The summed E-state index contributed by atoms with van der Waals surface area (Å²) in [5, 5.41) is 0. The van der Waals surface area contributed by atoms with Gasteiger partial charge in [0.05, 0.1) is 4.90 Å². The van der Waals surface area contributed by atoms with E-state index in [1.54, 1.807) is 17.0 Å². The summed E-state index contributed by atoms with van der Waals surface area (Å²) in [5.74, 6) is -0.688. The maximum absolute atomic E-state index is 12.6. The standard InChI is InChI=1S/C58H107NO6.C7H8O3S/c1-4-7-10-13-16-19-22-25-28-31-34-37-40-43-46-49-56(60)63-53-52-59(54-64-57(61)50-47-44-41-38-35-32-29-26-23-20-17-14-11-8-5-2)55-65-58(62)51-48-45-42-39-36-33-30-27-24-21-18-15-12-9-6-3;1-6-2-4-7(5-3-6)11(8,9)10/h25-30H,4-24,31-55H2,1-3H3;2-5H,1H3,(H,8,9,10). The maximum Gasteiger partial charge on any atom is 0.307 e. The maximum atomic E-state index is 12.6. The van der Waals surface area contributed by atoms with E-state index in [9.17, 15) is 22.8 Å². The van der Waals surface area contributed by atoms with Crippen molar-refractivity contribution in [2.45, 2.75) is 302 Å². The number of nitrogens with zero attached hydrogens (tertiary/aromatic N) is 1. The molecule has 76 heavy (non-hydrogen) atoms. The number of allylic oxidation sites excluding steroid dienone is 6. The van der Waals surface area contributed by atoms with E-state index in [1.807, 2.05) is 6.92 Å². The van der Waals surface area contributed by atoms with Gasteiger partial charge in [-0.15, -0.1) is 0 Å². The molecule has 0 fully saturated rings. The van der Waals surface area contributed by atoms with Gasteiger partial charge in [0.25, 0.3) is 10.1 Å². The van der Waals surface area contributed by atoms with E-state index < -0.39 is 10.1 Å². The molecule has 0 aromatic heterocycles. The van der Waals surface area contributed by atoms with Crippen molar-refractivity contribution < 1.29 is 41.6 Å². The van der Waals surface area contributed by atoms with Crippen LogP contribution >= 0.6 is 0 Å². The molecule has 0 bridgehead atoms. The van der Waals surface area contributed by atoms with Gasteiger partial charge < -0.3 is 14.2 Å². The molecule has 0 saturated carbocycles. The van der Waals surface area contributed by atoms with Crippen molar-refractivity contribution in [1.29, 1.82) is 0 Å². The first kappa shape index (κ1) is 72.7. The van der Waals surface area contributed by atoms with Gasteiger partial charge in [-0.05, 0) is 115 Å². The lowest BCUT2D eigenvalue weighted by molar-refractivity contribution is -0.160. The average molecular weight is 1090 g/mol. The predicted molar refractivity (Wildman–Crippen MR) is 319 cm³/mol. The molecule has 11 heteroatoms. The summed E-state index contributed by atoms with van der Waals surface area (Å²) >= 11 is 0. The minimum atomic E-state index is -4.02. The van der Waals surface area contributed by atoms with Crippen LogP contribution in [0.4, 0.5) is 0 Å². The van der Waals surface area contributed by atoms with Gasteiger partial charge in [-0.1, -0.05) is 229 Å². The van der Waals surface area contributed by atoms with E-state index in [0.717, 1.165) is 82.6 Å². The molecule has 0 aliphatic carbocycles. The van der Waals surface area contributed by atoms with E-state index in [4.69, 9.17) is 18.8 Å². The van der Waals surface area contributed by atoms with Crippen LogP contribution in [0.25, 0.3) is 0 Å². The minimum absolute atomic E-state index is 0.0103. The Balaban J connectivity index is 0.00000449. The van der Waals surface area contributed by atoms with Crippen LogP contribution in [0.5, 0.6) is 0 Å². The van der Waals surface area contributed by atoms with Crippen LogP contribution in [-0.4, -0.2) is 62.4 Å². The Morgan fingerprint density at radius 2 is 0.671 bits per heavy atom. The fraction of sp³-hybridized carbons (Fsp3) is 0.769. The van der Waals surface area contributed by atoms with E-state index in [1.165, 1.54) is 185 Å². The van der Waals surface area contributed by atoms with Crippen LogP contribution in [0.1, 0.15) is 296 Å². The number of aryl methyl sites for hydroxylation is 1. The third kappa shape index (κ3) is 54.1. The SMILES string of the molecule is CCCCCCCCC=CCCCCCCCC(=O)OCCN(COC(=O)CCCCCCCC=CCCCCCCCC)COC(=O)CCCCCCCC=CCCCCCCCC.Cc1ccc(S(=O)(=O)O)cc1. The first-order chi connectivity index (χ1) is 37.0. The lowest BCUT2D eigenvalue weighted by atomic mass is 10.1. The summed E-state index contributed by atoms with van der Waals surface area (Å²) in [7, 11) is -4.02. The van der Waals surface area contributed by atoms with Crippen LogP contribution in [0, 0.1) is 6.92 Å². The summed E-state index contributed by atoms with van der Waals surface area (Å²) in [6.45, 7) is 9.16. The molecular weight excluding hydrogens is 971 g/mol. The highest BCUT2D eigenvalue weighted by atomic mass is 32.2. The number of carbonyl (C=O) groups excluding carboxylic acids is 3. The zero-order chi connectivity index (χ0) is 55.7. The highest BCUT2D eigenvalue weighted by molar-refractivity contribution is 7.85. The molecule has 0 heterocycles. The van der Waals surface area contributed by atoms with Gasteiger partial charge in [-0.25, -0.2) is 4.90 Å². The van der Waals surface area contributed by atoms with Crippen molar-refractivity contribution in [3.05, 3.63) is 66.3 Å². The molecule has 440 valence electrons. The number of rotatable bonds is 53. The van der Waals surface area contributed by atoms with Crippen LogP contribution in [-0.2, 0) is 38.7 Å². The lowest BCUT2D eigenvalue weighted by Crippen LogP contribution is -2.34. The second kappa shape index (κ2) is 56.4. The number of benzene rings is 1. The molecular formula is C65H115NO9S. The number of ether oxygens (including phenoxy) is 3. The molecule has 0 atom stereocenters. The first-order valence-corrected chi connectivity index (χ1v) is 32.7. The Hall–Kier alpha value is -3.28. The molecule has 1 N–H and O–H groups in total.